The van der Waals surface area contributed by atoms with E-state index in [1.165, 1.54) is 4.90 Å². The summed E-state index contributed by atoms with van der Waals surface area (Å²) in [4.78, 5) is 54.4. The van der Waals surface area contributed by atoms with Gasteiger partial charge in [0.15, 0.2) is 0 Å². The molecule has 2 bridgehead atoms. The molecule has 2 aliphatic carbocycles. The van der Waals surface area contributed by atoms with Crippen LogP contribution in [-0.4, -0.2) is 51.3 Å². The fourth-order valence-electron chi connectivity index (χ4n) is 5.84. The van der Waals surface area contributed by atoms with Crippen LogP contribution < -0.4 is 0 Å². The van der Waals surface area contributed by atoms with E-state index < -0.39 is 35.5 Å². The predicted octanol–water partition coefficient (Wildman–Crippen LogP) is 2.70. The molecule has 2 heterocycles. The van der Waals surface area contributed by atoms with Crippen molar-refractivity contribution >= 4 is 23.8 Å². The van der Waals surface area contributed by atoms with E-state index in [0.29, 0.717) is 17.8 Å². The van der Waals surface area contributed by atoms with Crippen LogP contribution in [0.2, 0.25) is 0 Å². The summed E-state index contributed by atoms with van der Waals surface area (Å²) in [6.07, 6.45) is 0.177. The first-order valence-electron chi connectivity index (χ1n) is 10.1. The number of nitrogens with zero attached hydrogens (tertiary/aromatic N) is 2. The zero-order valence-corrected chi connectivity index (χ0v) is 16.9. The Morgan fingerprint density at radius 1 is 1.03 bits per heavy atom. The SMILES string of the molecule is C[C@H]1[C@H]2C3CC([C@@H]12)N(C(=O)OC(C)(C)C)[C@H]3C(=O)N1C(=O)c2ccccc2C1=O. The molecule has 2 unspecified atom stereocenters. The number of imide groups is 3. The third-order valence-electron chi connectivity index (χ3n) is 6.90. The first-order valence-corrected chi connectivity index (χ1v) is 10.1. The molecule has 2 saturated carbocycles. The summed E-state index contributed by atoms with van der Waals surface area (Å²) in [5.41, 5.74) is -0.234. The second-order valence-electron chi connectivity index (χ2n) is 9.64. The molecular weight excluding hydrogens is 372 g/mol. The van der Waals surface area contributed by atoms with Gasteiger partial charge in [0.05, 0.1) is 11.1 Å². The number of carbonyl (C=O) groups excluding carboxylic acids is 4. The lowest BCUT2D eigenvalue weighted by molar-refractivity contribution is -0.133. The maximum Gasteiger partial charge on any atom is 0.411 e. The smallest absolute Gasteiger partial charge is 0.411 e. The van der Waals surface area contributed by atoms with Crippen molar-refractivity contribution in [1.82, 2.24) is 9.80 Å². The zero-order valence-electron chi connectivity index (χ0n) is 16.9. The molecule has 1 aromatic carbocycles. The Balaban J connectivity index is 1.49. The normalized spacial score (nSPS) is 34.3. The summed E-state index contributed by atoms with van der Waals surface area (Å²) < 4.78 is 5.58. The fraction of sp³-hybridized carbons (Fsp3) is 0.545. The van der Waals surface area contributed by atoms with Crippen molar-refractivity contribution in [2.24, 2.45) is 23.7 Å². The van der Waals surface area contributed by atoms with E-state index in [-0.39, 0.29) is 23.1 Å². The van der Waals surface area contributed by atoms with E-state index in [2.05, 4.69) is 6.92 Å². The third-order valence-corrected chi connectivity index (χ3v) is 6.90. The molecule has 0 radical (unpaired) electrons. The van der Waals surface area contributed by atoms with Gasteiger partial charge in [0.1, 0.15) is 11.6 Å². The lowest BCUT2D eigenvalue weighted by Gasteiger charge is -2.36. The lowest BCUT2D eigenvalue weighted by atomic mass is 9.94. The van der Waals surface area contributed by atoms with Crippen LogP contribution >= 0.6 is 0 Å². The Labute approximate surface area is 169 Å². The fourth-order valence-corrected chi connectivity index (χ4v) is 5.84. The average Bonchev–Trinajstić information content (AvgIpc) is 2.94. The zero-order chi connectivity index (χ0) is 20.8. The number of ether oxygens (including phenoxy) is 1. The van der Waals surface area contributed by atoms with Gasteiger partial charge in [-0.2, -0.15) is 0 Å². The largest absolute Gasteiger partial charge is 0.444 e. The number of likely N-dealkylation sites (tertiary alicyclic amines) is 1. The number of hydrogen-bond acceptors (Lipinski definition) is 5. The summed E-state index contributed by atoms with van der Waals surface area (Å²) in [7, 11) is 0. The van der Waals surface area contributed by atoms with Gasteiger partial charge in [0.25, 0.3) is 17.7 Å². The average molecular weight is 396 g/mol. The molecular formula is C22H24N2O5. The number of fused-ring (bicyclic) bond motifs is 6. The number of hydrogen-bond donors (Lipinski definition) is 0. The highest BCUT2D eigenvalue weighted by Crippen LogP contribution is 2.67. The predicted molar refractivity (Wildman–Crippen MR) is 102 cm³/mol. The number of benzene rings is 1. The molecule has 4 aliphatic rings. The summed E-state index contributed by atoms with van der Waals surface area (Å²) in [5.74, 6) is -0.688. The minimum atomic E-state index is -0.830. The standard InChI is InChI=1S/C22H24N2O5/c1-10-15-13-9-14(16(10)15)23(21(28)29-22(2,3)4)17(13)20(27)24-18(25)11-7-5-6-8-12(11)19(24)26/h5-8,10,13-17H,9H2,1-4H3/t10-,13?,14?,15-,16+,17+/m0/s1. The van der Waals surface area contributed by atoms with Gasteiger partial charge in [-0.25, -0.2) is 9.69 Å². The van der Waals surface area contributed by atoms with Crippen molar-refractivity contribution in [2.45, 2.75) is 51.8 Å². The van der Waals surface area contributed by atoms with Gasteiger partial charge < -0.3 is 4.74 Å². The van der Waals surface area contributed by atoms with Crippen LogP contribution in [0.25, 0.3) is 0 Å². The van der Waals surface area contributed by atoms with Crippen molar-refractivity contribution in [3.05, 3.63) is 35.4 Å². The van der Waals surface area contributed by atoms with E-state index in [9.17, 15) is 19.2 Å². The van der Waals surface area contributed by atoms with E-state index in [0.717, 1.165) is 11.3 Å². The van der Waals surface area contributed by atoms with Crippen LogP contribution in [0, 0.1) is 23.7 Å². The molecule has 1 saturated heterocycles. The molecule has 29 heavy (non-hydrogen) atoms. The molecule has 0 aromatic heterocycles. The van der Waals surface area contributed by atoms with Crippen molar-refractivity contribution in [3.63, 3.8) is 0 Å². The van der Waals surface area contributed by atoms with Crippen molar-refractivity contribution in [3.8, 4) is 0 Å². The maximum atomic E-state index is 13.5. The summed E-state index contributed by atoms with van der Waals surface area (Å²) in [6, 6.07) is 5.53. The number of amides is 4. The van der Waals surface area contributed by atoms with Gasteiger partial charge in [-0.1, -0.05) is 19.1 Å². The van der Waals surface area contributed by atoms with Gasteiger partial charge in [-0.05, 0) is 63.0 Å². The maximum absolute atomic E-state index is 13.5. The molecule has 5 rings (SSSR count). The summed E-state index contributed by atoms with van der Waals surface area (Å²) in [6.45, 7) is 7.48. The molecule has 6 atom stereocenters. The third kappa shape index (κ3) is 2.42. The Morgan fingerprint density at radius 3 is 2.17 bits per heavy atom. The molecule has 3 fully saturated rings. The monoisotopic (exact) mass is 396 g/mol. The molecule has 2 aliphatic heterocycles. The van der Waals surface area contributed by atoms with Crippen LogP contribution in [0.1, 0.15) is 54.8 Å². The molecule has 7 heteroatoms. The van der Waals surface area contributed by atoms with Gasteiger partial charge in [-0.15, -0.1) is 0 Å². The number of carbonyl (C=O) groups is 4. The molecule has 0 spiro atoms. The van der Waals surface area contributed by atoms with Gasteiger partial charge in [-0.3, -0.25) is 19.3 Å². The summed E-state index contributed by atoms with van der Waals surface area (Å²) in [5, 5.41) is 0. The second kappa shape index (κ2) is 5.68. The van der Waals surface area contributed by atoms with Crippen LogP contribution in [0.4, 0.5) is 4.79 Å². The second-order valence-corrected chi connectivity index (χ2v) is 9.64. The highest BCUT2D eigenvalue weighted by molar-refractivity contribution is 6.29. The molecule has 0 N–H and O–H groups in total. The number of piperidine rings is 1. The van der Waals surface area contributed by atoms with Crippen molar-refractivity contribution in [1.29, 1.82) is 0 Å². The summed E-state index contributed by atoms with van der Waals surface area (Å²) >= 11 is 0. The van der Waals surface area contributed by atoms with Crippen LogP contribution in [-0.2, 0) is 9.53 Å². The van der Waals surface area contributed by atoms with Crippen LogP contribution in [0.15, 0.2) is 24.3 Å². The highest BCUT2D eigenvalue weighted by atomic mass is 16.6. The lowest BCUT2D eigenvalue weighted by Crippen LogP contribution is -2.56. The van der Waals surface area contributed by atoms with Gasteiger partial charge >= 0.3 is 6.09 Å². The first kappa shape index (κ1) is 18.3. The van der Waals surface area contributed by atoms with E-state index in [1.54, 1.807) is 45.0 Å². The number of rotatable bonds is 1. The van der Waals surface area contributed by atoms with Gasteiger partial charge in [0, 0.05) is 6.04 Å². The van der Waals surface area contributed by atoms with E-state index >= 15 is 0 Å². The minimum absolute atomic E-state index is 0.0377. The molecule has 7 nitrogen and oxygen atoms in total. The Morgan fingerprint density at radius 2 is 1.62 bits per heavy atom. The quantitative estimate of drug-likeness (QED) is 0.682. The van der Waals surface area contributed by atoms with Crippen LogP contribution in [0.5, 0.6) is 0 Å². The highest BCUT2D eigenvalue weighted by Gasteiger charge is 2.72. The topological polar surface area (TPSA) is 84.0 Å². The van der Waals surface area contributed by atoms with Crippen molar-refractivity contribution < 1.29 is 23.9 Å². The first-order chi connectivity index (χ1) is 13.6. The Hall–Kier alpha value is -2.70. The van der Waals surface area contributed by atoms with E-state index in [1.807, 2.05) is 0 Å². The van der Waals surface area contributed by atoms with Crippen molar-refractivity contribution in [2.75, 3.05) is 0 Å². The molecule has 1 aromatic rings. The molecule has 4 amide bonds. The Bertz CT molecular complexity index is 929. The minimum Gasteiger partial charge on any atom is -0.444 e. The van der Waals surface area contributed by atoms with E-state index in [4.69, 9.17) is 4.74 Å². The Kier molecular flexibility index (Phi) is 3.59. The molecule has 152 valence electrons. The van der Waals surface area contributed by atoms with Crippen LogP contribution in [0.3, 0.4) is 0 Å². The van der Waals surface area contributed by atoms with Gasteiger partial charge in [0.2, 0.25) is 0 Å².